The molecule has 1 saturated carbocycles. The smallest absolute Gasteiger partial charge is 0.257 e. The molecule has 0 spiro atoms. The topological polar surface area (TPSA) is 97.4 Å². The number of fused-ring (bicyclic) bond motifs is 1. The highest BCUT2D eigenvalue weighted by atomic mass is 32.2. The van der Waals surface area contributed by atoms with Crippen LogP contribution in [0.3, 0.4) is 0 Å². The molecule has 7 nitrogen and oxygen atoms in total. The van der Waals surface area contributed by atoms with Gasteiger partial charge in [-0.15, -0.1) is 0 Å². The first-order valence-corrected chi connectivity index (χ1v) is 11.0. The first kappa shape index (κ1) is 18.9. The van der Waals surface area contributed by atoms with E-state index in [4.69, 9.17) is 4.74 Å². The number of rotatable bonds is 6. The van der Waals surface area contributed by atoms with Gasteiger partial charge in [0.2, 0.25) is 10.0 Å². The zero-order chi connectivity index (χ0) is 19.9. The molecule has 1 amide bonds. The summed E-state index contributed by atoms with van der Waals surface area (Å²) in [4.78, 5) is 17.0. The van der Waals surface area contributed by atoms with E-state index in [1.807, 2.05) is 25.1 Å². The Kier molecular flexibility index (Phi) is 4.82. The second kappa shape index (κ2) is 7.16. The summed E-state index contributed by atoms with van der Waals surface area (Å²) >= 11 is 1.37. The van der Waals surface area contributed by atoms with Gasteiger partial charge in [0.15, 0.2) is 5.13 Å². The van der Waals surface area contributed by atoms with E-state index in [9.17, 15) is 13.2 Å². The molecule has 1 aliphatic rings. The van der Waals surface area contributed by atoms with Crippen LogP contribution in [0.25, 0.3) is 10.2 Å². The number of hydrogen-bond donors (Lipinski definition) is 2. The molecule has 0 radical (unpaired) electrons. The van der Waals surface area contributed by atoms with Crippen molar-refractivity contribution < 1.29 is 17.9 Å². The van der Waals surface area contributed by atoms with Crippen LogP contribution in [0, 0.1) is 6.92 Å². The van der Waals surface area contributed by atoms with Crippen LogP contribution in [-0.2, 0) is 10.0 Å². The van der Waals surface area contributed by atoms with Gasteiger partial charge in [-0.25, -0.2) is 18.1 Å². The SMILES string of the molecule is COc1ccc(C(=O)Nc2nc3ccc(C)cc3s2)cc1S(=O)(=O)NC1CC1. The van der Waals surface area contributed by atoms with Crippen molar-refractivity contribution in [1.82, 2.24) is 9.71 Å². The molecule has 0 bridgehead atoms. The second-order valence-electron chi connectivity index (χ2n) is 6.71. The van der Waals surface area contributed by atoms with E-state index in [2.05, 4.69) is 15.0 Å². The fourth-order valence-corrected chi connectivity index (χ4v) is 5.23. The molecular formula is C19H19N3O4S2. The van der Waals surface area contributed by atoms with Crippen LogP contribution in [0.15, 0.2) is 41.3 Å². The minimum absolute atomic E-state index is 0.0432. The van der Waals surface area contributed by atoms with Crippen molar-refractivity contribution in [2.45, 2.75) is 30.7 Å². The number of carbonyl (C=O) groups excluding carboxylic acids is 1. The molecule has 2 N–H and O–H groups in total. The Morgan fingerprint density at radius 1 is 1.21 bits per heavy atom. The van der Waals surface area contributed by atoms with Gasteiger partial charge >= 0.3 is 0 Å². The molecule has 1 fully saturated rings. The van der Waals surface area contributed by atoms with Gasteiger partial charge in [-0.1, -0.05) is 17.4 Å². The number of nitrogens with zero attached hydrogens (tertiary/aromatic N) is 1. The van der Waals surface area contributed by atoms with Crippen molar-refractivity contribution in [2.75, 3.05) is 12.4 Å². The Labute approximate surface area is 166 Å². The lowest BCUT2D eigenvalue weighted by molar-refractivity contribution is 0.102. The maximum atomic E-state index is 12.7. The molecule has 0 saturated heterocycles. The summed E-state index contributed by atoms with van der Waals surface area (Å²) < 4.78 is 34.0. The monoisotopic (exact) mass is 417 g/mol. The van der Waals surface area contributed by atoms with Crippen molar-refractivity contribution in [3.05, 3.63) is 47.5 Å². The van der Waals surface area contributed by atoms with Crippen LogP contribution in [0.2, 0.25) is 0 Å². The lowest BCUT2D eigenvalue weighted by atomic mass is 10.2. The lowest BCUT2D eigenvalue weighted by Gasteiger charge is -2.12. The number of amides is 1. The van der Waals surface area contributed by atoms with Gasteiger partial charge in [-0.2, -0.15) is 0 Å². The zero-order valence-electron chi connectivity index (χ0n) is 15.4. The van der Waals surface area contributed by atoms with E-state index >= 15 is 0 Å². The van der Waals surface area contributed by atoms with E-state index in [1.165, 1.54) is 36.6 Å². The number of anilines is 1. The van der Waals surface area contributed by atoms with E-state index in [0.717, 1.165) is 28.6 Å². The maximum Gasteiger partial charge on any atom is 0.257 e. The van der Waals surface area contributed by atoms with Crippen LogP contribution in [-0.4, -0.2) is 32.5 Å². The molecule has 3 aromatic rings. The van der Waals surface area contributed by atoms with Gasteiger partial charge in [-0.3, -0.25) is 10.1 Å². The average Bonchev–Trinajstić information content (AvgIpc) is 3.37. The van der Waals surface area contributed by atoms with Crippen LogP contribution in [0.1, 0.15) is 28.8 Å². The highest BCUT2D eigenvalue weighted by molar-refractivity contribution is 7.89. The molecule has 1 aliphatic carbocycles. The lowest BCUT2D eigenvalue weighted by Crippen LogP contribution is -2.26. The molecule has 28 heavy (non-hydrogen) atoms. The van der Waals surface area contributed by atoms with E-state index in [0.29, 0.717) is 5.13 Å². The summed E-state index contributed by atoms with van der Waals surface area (Å²) in [5.74, 6) is -0.235. The predicted octanol–water partition coefficient (Wildman–Crippen LogP) is 3.31. The summed E-state index contributed by atoms with van der Waals surface area (Å²) in [6.45, 7) is 1.99. The van der Waals surface area contributed by atoms with Crippen molar-refractivity contribution in [3.8, 4) is 5.75 Å². The number of thiazole rings is 1. The Bertz CT molecular complexity index is 1170. The molecule has 146 valence electrons. The number of carbonyl (C=O) groups is 1. The van der Waals surface area contributed by atoms with Crippen molar-refractivity contribution >= 4 is 42.6 Å². The summed E-state index contributed by atoms with van der Waals surface area (Å²) in [6.07, 6.45) is 1.64. The van der Waals surface area contributed by atoms with Crippen LogP contribution < -0.4 is 14.8 Å². The quantitative estimate of drug-likeness (QED) is 0.641. The third-order valence-corrected chi connectivity index (χ3v) is 6.85. The maximum absolute atomic E-state index is 12.7. The number of benzene rings is 2. The molecule has 2 aromatic carbocycles. The van der Waals surface area contributed by atoms with E-state index < -0.39 is 15.9 Å². The third-order valence-electron chi connectivity index (χ3n) is 4.38. The number of sulfonamides is 1. The summed E-state index contributed by atoms with van der Waals surface area (Å²) in [6, 6.07) is 10.2. The van der Waals surface area contributed by atoms with Gasteiger partial charge in [0.1, 0.15) is 10.6 Å². The minimum atomic E-state index is -3.76. The molecular weight excluding hydrogens is 398 g/mol. The zero-order valence-corrected chi connectivity index (χ0v) is 17.0. The molecule has 9 heteroatoms. The third kappa shape index (κ3) is 3.87. The van der Waals surface area contributed by atoms with Crippen LogP contribution in [0.4, 0.5) is 5.13 Å². The van der Waals surface area contributed by atoms with Gasteiger partial charge in [0, 0.05) is 11.6 Å². The second-order valence-corrected chi connectivity index (χ2v) is 9.42. The van der Waals surface area contributed by atoms with Gasteiger partial charge in [-0.05, 0) is 55.7 Å². The minimum Gasteiger partial charge on any atom is -0.495 e. The van der Waals surface area contributed by atoms with Crippen molar-refractivity contribution in [1.29, 1.82) is 0 Å². The first-order chi connectivity index (χ1) is 13.4. The fraction of sp³-hybridized carbons (Fsp3) is 0.263. The van der Waals surface area contributed by atoms with Crippen LogP contribution >= 0.6 is 11.3 Å². The highest BCUT2D eigenvalue weighted by Gasteiger charge is 2.30. The number of hydrogen-bond acceptors (Lipinski definition) is 6. The number of nitrogens with one attached hydrogen (secondary N) is 2. The summed E-state index contributed by atoms with van der Waals surface area (Å²) in [5.41, 5.74) is 2.13. The predicted molar refractivity (Wildman–Crippen MR) is 109 cm³/mol. The molecule has 4 rings (SSSR count). The molecule has 0 aliphatic heterocycles. The number of ether oxygens (including phenoxy) is 1. The summed E-state index contributed by atoms with van der Waals surface area (Å²) in [5, 5.41) is 3.21. The van der Waals surface area contributed by atoms with Crippen molar-refractivity contribution in [2.24, 2.45) is 0 Å². The normalized spacial score (nSPS) is 14.2. The van der Waals surface area contributed by atoms with Gasteiger partial charge < -0.3 is 4.74 Å². The Balaban J connectivity index is 1.62. The molecule has 0 atom stereocenters. The summed E-state index contributed by atoms with van der Waals surface area (Å²) in [7, 11) is -2.36. The average molecular weight is 418 g/mol. The van der Waals surface area contributed by atoms with Crippen LogP contribution in [0.5, 0.6) is 5.75 Å². The Hall–Kier alpha value is -2.49. The van der Waals surface area contributed by atoms with Gasteiger partial charge in [0.05, 0.1) is 17.3 Å². The molecule has 0 unspecified atom stereocenters. The number of aryl methyl sites for hydroxylation is 1. The van der Waals surface area contributed by atoms with Crippen molar-refractivity contribution in [3.63, 3.8) is 0 Å². The largest absolute Gasteiger partial charge is 0.495 e. The Morgan fingerprint density at radius 3 is 2.71 bits per heavy atom. The van der Waals surface area contributed by atoms with E-state index in [-0.39, 0.29) is 22.3 Å². The highest BCUT2D eigenvalue weighted by Crippen LogP contribution is 2.30. The number of methoxy groups -OCH3 is 1. The van der Waals surface area contributed by atoms with Gasteiger partial charge in [0.25, 0.3) is 5.91 Å². The molecule has 1 heterocycles. The van der Waals surface area contributed by atoms with E-state index in [1.54, 1.807) is 0 Å². The standard InChI is InChI=1S/C19H19N3O4S2/c1-11-3-7-14-16(9-11)27-19(20-14)21-18(23)12-4-8-15(26-2)17(10-12)28(24,25)22-13-5-6-13/h3-4,7-10,13,22H,5-6H2,1-2H3,(H,20,21,23). The molecule has 1 aromatic heterocycles. The Morgan fingerprint density at radius 2 is 2.00 bits per heavy atom. The fourth-order valence-electron chi connectivity index (χ4n) is 2.77. The first-order valence-electron chi connectivity index (χ1n) is 8.74. The number of aromatic nitrogens is 1.